The van der Waals surface area contributed by atoms with E-state index in [9.17, 15) is 0 Å². The number of benzene rings is 2. The topological polar surface area (TPSA) is 25.8 Å². The van der Waals surface area contributed by atoms with Crippen LogP contribution in [0.15, 0.2) is 65.8 Å². The van der Waals surface area contributed by atoms with Crippen molar-refractivity contribution < 1.29 is 0 Å². The van der Waals surface area contributed by atoms with Crippen LogP contribution >= 0.6 is 23.4 Å². The molecular formula is C19H17ClN2S. The monoisotopic (exact) mass is 340 g/mol. The van der Waals surface area contributed by atoms with Crippen molar-refractivity contribution in [3.05, 3.63) is 88.2 Å². The maximum absolute atomic E-state index is 6.16. The lowest BCUT2D eigenvalue weighted by Gasteiger charge is -2.07. The molecule has 0 unspecified atom stereocenters. The molecule has 0 aliphatic rings. The first kappa shape index (κ1) is 16.0. The highest BCUT2D eigenvalue weighted by molar-refractivity contribution is 7.98. The quantitative estimate of drug-likeness (QED) is 0.357. The van der Waals surface area contributed by atoms with E-state index in [0.29, 0.717) is 5.15 Å². The minimum absolute atomic E-state index is 0.498. The Hall–Kier alpha value is -1.84. The predicted octanol–water partition coefficient (Wildman–Crippen LogP) is 5.32. The molecule has 2 aromatic carbocycles. The van der Waals surface area contributed by atoms with Gasteiger partial charge in [-0.25, -0.2) is 9.97 Å². The van der Waals surface area contributed by atoms with Crippen LogP contribution in [-0.4, -0.2) is 9.97 Å². The van der Waals surface area contributed by atoms with Gasteiger partial charge in [-0.3, -0.25) is 0 Å². The molecule has 3 rings (SSSR count). The normalized spacial score (nSPS) is 10.7. The van der Waals surface area contributed by atoms with Crippen LogP contribution in [-0.2, 0) is 12.2 Å². The Bertz CT molecular complexity index is 790. The first-order chi connectivity index (χ1) is 11.2. The standard InChI is InChI=1S/C19H17ClN2S/c1-14-7-5-6-10-16(14)13-23-19-21-17(12-18(20)22-19)11-15-8-3-2-4-9-15/h2-10,12H,11,13H2,1H3. The number of aryl methyl sites for hydroxylation is 1. The summed E-state index contributed by atoms with van der Waals surface area (Å²) in [4.78, 5) is 8.98. The summed E-state index contributed by atoms with van der Waals surface area (Å²) in [6, 6.07) is 20.5. The number of thioether (sulfide) groups is 1. The fraction of sp³-hybridized carbons (Fsp3) is 0.158. The number of aromatic nitrogens is 2. The molecule has 0 saturated heterocycles. The number of rotatable bonds is 5. The zero-order valence-electron chi connectivity index (χ0n) is 12.9. The highest BCUT2D eigenvalue weighted by atomic mass is 35.5. The molecular weight excluding hydrogens is 324 g/mol. The van der Waals surface area contributed by atoms with Gasteiger partial charge in [0, 0.05) is 12.2 Å². The van der Waals surface area contributed by atoms with Gasteiger partial charge in [-0.1, -0.05) is 78.0 Å². The summed E-state index contributed by atoms with van der Waals surface area (Å²) in [6.07, 6.45) is 0.765. The molecule has 0 fully saturated rings. The summed E-state index contributed by atoms with van der Waals surface area (Å²) >= 11 is 7.78. The summed E-state index contributed by atoms with van der Waals surface area (Å²) < 4.78 is 0. The molecule has 0 saturated carbocycles. The summed E-state index contributed by atoms with van der Waals surface area (Å²) in [6.45, 7) is 2.12. The molecule has 1 aromatic heterocycles. The van der Waals surface area contributed by atoms with Gasteiger partial charge in [0.15, 0.2) is 5.16 Å². The van der Waals surface area contributed by atoms with Crippen molar-refractivity contribution in [2.45, 2.75) is 24.3 Å². The second-order valence-corrected chi connectivity index (χ2v) is 6.67. The van der Waals surface area contributed by atoms with E-state index in [2.05, 4.69) is 53.3 Å². The molecule has 0 spiro atoms. The van der Waals surface area contributed by atoms with Crippen molar-refractivity contribution in [2.24, 2.45) is 0 Å². The van der Waals surface area contributed by atoms with Gasteiger partial charge in [-0.15, -0.1) is 0 Å². The third-order valence-electron chi connectivity index (χ3n) is 3.57. The Morgan fingerprint density at radius 1 is 0.957 bits per heavy atom. The Balaban J connectivity index is 1.74. The van der Waals surface area contributed by atoms with E-state index >= 15 is 0 Å². The van der Waals surface area contributed by atoms with E-state index in [1.54, 1.807) is 11.8 Å². The van der Waals surface area contributed by atoms with Gasteiger partial charge >= 0.3 is 0 Å². The van der Waals surface area contributed by atoms with Crippen molar-refractivity contribution >= 4 is 23.4 Å². The van der Waals surface area contributed by atoms with Crippen molar-refractivity contribution in [1.82, 2.24) is 9.97 Å². The van der Waals surface area contributed by atoms with E-state index in [1.165, 1.54) is 16.7 Å². The average molecular weight is 341 g/mol. The predicted molar refractivity (Wildman–Crippen MR) is 97.0 cm³/mol. The molecule has 3 aromatic rings. The Labute approximate surface area is 146 Å². The van der Waals surface area contributed by atoms with E-state index in [4.69, 9.17) is 11.6 Å². The maximum atomic E-state index is 6.16. The van der Waals surface area contributed by atoms with Gasteiger partial charge in [0.1, 0.15) is 5.15 Å². The zero-order valence-corrected chi connectivity index (χ0v) is 14.4. The van der Waals surface area contributed by atoms with Crippen molar-refractivity contribution in [3.8, 4) is 0 Å². The summed E-state index contributed by atoms with van der Waals surface area (Å²) in [5.41, 5.74) is 4.75. The SMILES string of the molecule is Cc1ccccc1CSc1nc(Cl)cc(Cc2ccccc2)n1. The van der Waals surface area contributed by atoms with Crippen LogP contribution in [0.3, 0.4) is 0 Å². The molecule has 116 valence electrons. The van der Waals surface area contributed by atoms with Crippen molar-refractivity contribution in [1.29, 1.82) is 0 Å². The fourth-order valence-corrected chi connectivity index (χ4v) is 3.53. The summed E-state index contributed by atoms with van der Waals surface area (Å²) in [7, 11) is 0. The van der Waals surface area contributed by atoms with Crippen LogP contribution in [0.25, 0.3) is 0 Å². The van der Waals surface area contributed by atoms with E-state index in [0.717, 1.165) is 23.0 Å². The van der Waals surface area contributed by atoms with Gasteiger partial charge in [0.2, 0.25) is 0 Å². The lowest BCUT2D eigenvalue weighted by Crippen LogP contribution is -1.97. The second-order valence-electron chi connectivity index (χ2n) is 5.34. The van der Waals surface area contributed by atoms with Crippen LogP contribution in [0.2, 0.25) is 5.15 Å². The van der Waals surface area contributed by atoms with Crippen LogP contribution in [0.4, 0.5) is 0 Å². The van der Waals surface area contributed by atoms with Gasteiger partial charge in [0.05, 0.1) is 5.69 Å². The summed E-state index contributed by atoms with van der Waals surface area (Å²) in [5, 5.41) is 1.23. The molecule has 4 heteroatoms. The first-order valence-electron chi connectivity index (χ1n) is 7.45. The first-order valence-corrected chi connectivity index (χ1v) is 8.82. The van der Waals surface area contributed by atoms with E-state index in [-0.39, 0.29) is 0 Å². The Morgan fingerprint density at radius 3 is 2.48 bits per heavy atom. The van der Waals surface area contributed by atoms with Crippen LogP contribution in [0.5, 0.6) is 0 Å². The highest BCUT2D eigenvalue weighted by Gasteiger charge is 2.06. The third kappa shape index (κ3) is 4.57. The fourth-order valence-electron chi connectivity index (χ4n) is 2.32. The van der Waals surface area contributed by atoms with Crippen molar-refractivity contribution in [3.63, 3.8) is 0 Å². The molecule has 1 heterocycles. The Morgan fingerprint density at radius 2 is 1.70 bits per heavy atom. The van der Waals surface area contributed by atoms with Gasteiger partial charge in [-0.2, -0.15) is 0 Å². The van der Waals surface area contributed by atoms with Gasteiger partial charge < -0.3 is 0 Å². The van der Waals surface area contributed by atoms with Gasteiger partial charge in [-0.05, 0) is 29.7 Å². The smallest absolute Gasteiger partial charge is 0.189 e. The van der Waals surface area contributed by atoms with Crippen molar-refractivity contribution in [2.75, 3.05) is 0 Å². The number of halogens is 1. The average Bonchev–Trinajstić information content (AvgIpc) is 2.54. The zero-order chi connectivity index (χ0) is 16.1. The number of hydrogen-bond donors (Lipinski definition) is 0. The molecule has 0 bridgehead atoms. The van der Waals surface area contributed by atoms with Crippen LogP contribution in [0, 0.1) is 6.92 Å². The molecule has 2 nitrogen and oxygen atoms in total. The second kappa shape index (κ2) is 7.62. The molecule has 0 N–H and O–H groups in total. The minimum Gasteiger partial charge on any atom is -0.227 e. The molecule has 0 radical (unpaired) electrons. The molecule has 0 aliphatic carbocycles. The molecule has 0 aliphatic heterocycles. The minimum atomic E-state index is 0.498. The maximum Gasteiger partial charge on any atom is 0.189 e. The summed E-state index contributed by atoms with van der Waals surface area (Å²) in [5.74, 6) is 0.845. The highest BCUT2D eigenvalue weighted by Crippen LogP contribution is 2.23. The lowest BCUT2D eigenvalue weighted by atomic mass is 10.1. The molecule has 23 heavy (non-hydrogen) atoms. The van der Waals surface area contributed by atoms with Crippen LogP contribution in [0.1, 0.15) is 22.4 Å². The number of hydrogen-bond acceptors (Lipinski definition) is 3. The molecule has 0 atom stereocenters. The molecule has 0 amide bonds. The Kier molecular flexibility index (Phi) is 5.31. The largest absolute Gasteiger partial charge is 0.227 e. The van der Waals surface area contributed by atoms with Crippen LogP contribution < -0.4 is 0 Å². The van der Waals surface area contributed by atoms with Gasteiger partial charge in [0.25, 0.3) is 0 Å². The van der Waals surface area contributed by atoms with E-state index in [1.807, 2.05) is 24.3 Å². The third-order valence-corrected chi connectivity index (χ3v) is 4.66. The number of nitrogens with zero attached hydrogens (tertiary/aromatic N) is 2. The lowest BCUT2D eigenvalue weighted by molar-refractivity contribution is 0.902. The van der Waals surface area contributed by atoms with E-state index < -0.39 is 0 Å².